The molecule has 0 saturated heterocycles. The number of ether oxygens (including phenoxy) is 1. The van der Waals surface area contributed by atoms with Gasteiger partial charge in [0.05, 0.1) is 18.0 Å². The van der Waals surface area contributed by atoms with Crippen molar-refractivity contribution in [2.24, 2.45) is 0 Å². The van der Waals surface area contributed by atoms with Crippen LogP contribution in [0.15, 0.2) is 36.0 Å². The smallest absolute Gasteiger partial charge is 0.332 e. The van der Waals surface area contributed by atoms with Gasteiger partial charge in [0.1, 0.15) is 0 Å². The first-order chi connectivity index (χ1) is 9.08. The molecule has 0 fully saturated rings. The zero-order chi connectivity index (χ0) is 14.3. The molecule has 0 aliphatic heterocycles. The molecule has 0 radical (unpaired) electrons. The molecule has 0 heterocycles. The molecular formula is C14H18N2O3. The number of hydrogen-bond acceptors (Lipinski definition) is 4. The number of allylic oxidation sites excluding steroid dienone is 1. The van der Waals surface area contributed by atoms with Gasteiger partial charge in [-0.25, -0.2) is 4.79 Å². The predicted molar refractivity (Wildman–Crippen MR) is 74.9 cm³/mol. The normalized spacial score (nSPS) is 10.8. The standard InChI is InChI=1S/C14H18N2O3/c1-4-19-14(18)9-11(2)15-12-7-5-6-8-13(12)16(3)10-17/h5-10,15H,4H2,1-3H3/b11-9-. The van der Waals surface area contributed by atoms with E-state index in [9.17, 15) is 9.59 Å². The second-order valence-corrected chi connectivity index (χ2v) is 3.94. The van der Waals surface area contributed by atoms with Crippen molar-refractivity contribution in [2.45, 2.75) is 13.8 Å². The van der Waals surface area contributed by atoms with Crippen LogP contribution in [0.5, 0.6) is 0 Å². The van der Waals surface area contributed by atoms with Crippen LogP contribution in [0.3, 0.4) is 0 Å². The van der Waals surface area contributed by atoms with Crippen molar-refractivity contribution in [1.29, 1.82) is 0 Å². The van der Waals surface area contributed by atoms with Crippen molar-refractivity contribution in [3.8, 4) is 0 Å². The maximum Gasteiger partial charge on any atom is 0.332 e. The van der Waals surface area contributed by atoms with Crippen molar-refractivity contribution < 1.29 is 14.3 Å². The summed E-state index contributed by atoms with van der Waals surface area (Å²) in [5.74, 6) is -0.395. The van der Waals surface area contributed by atoms with Gasteiger partial charge >= 0.3 is 5.97 Å². The Morgan fingerprint density at radius 3 is 2.74 bits per heavy atom. The number of rotatable bonds is 6. The third-order valence-electron chi connectivity index (χ3n) is 2.39. The highest BCUT2D eigenvalue weighted by molar-refractivity contribution is 5.86. The molecule has 5 heteroatoms. The van der Waals surface area contributed by atoms with Crippen molar-refractivity contribution in [3.05, 3.63) is 36.0 Å². The Kier molecular flexibility index (Phi) is 5.60. The molecule has 0 aliphatic rings. The molecule has 0 aromatic heterocycles. The van der Waals surface area contributed by atoms with Gasteiger partial charge in [0.2, 0.25) is 6.41 Å². The summed E-state index contributed by atoms with van der Waals surface area (Å²) in [7, 11) is 1.66. The molecule has 1 aromatic carbocycles. The van der Waals surface area contributed by atoms with E-state index in [4.69, 9.17) is 4.74 Å². The number of nitrogens with one attached hydrogen (secondary N) is 1. The van der Waals surface area contributed by atoms with Gasteiger partial charge in [-0.3, -0.25) is 4.79 Å². The van der Waals surface area contributed by atoms with Crippen LogP contribution in [-0.4, -0.2) is 26.0 Å². The molecular weight excluding hydrogens is 244 g/mol. The summed E-state index contributed by atoms with van der Waals surface area (Å²) in [4.78, 5) is 23.6. The molecule has 0 atom stereocenters. The van der Waals surface area contributed by atoms with Crippen LogP contribution in [0.2, 0.25) is 0 Å². The van der Waals surface area contributed by atoms with Crippen molar-refractivity contribution in [1.82, 2.24) is 0 Å². The molecule has 5 nitrogen and oxygen atoms in total. The van der Waals surface area contributed by atoms with Crippen LogP contribution in [0.25, 0.3) is 0 Å². The Morgan fingerprint density at radius 2 is 2.11 bits per heavy atom. The summed E-state index contributed by atoms with van der Waals surface area (Å²) in [6.07, 6.45) is 2.10. The Bertz CT molecular complexity index is 483. The largest absolute Gasteiger partial charge is 0.463 e. The first-order valence-corrected chi connectivity index (χ1v) is 5.97. The van der Waals surface area contributed by atoms with Gasteiger partial charge in [-0.05, 0) is 26.0 Å². The van der Waals surface area contributed by atoms with E-state index in [0.717, 1.165) is 17.8 Å². The van der Waals surface area contributed by atoms with Gasteiger partial charge in [-0.15, -0.1) is 0 Å². The van der Waals surface area contributed by atoms with Gasteiger partial charge in [0, 0.05) is 18.8 Å². The predicted octanol–water partition coefficient (Wildman–Crippen LogP) is 2.16. The number of esters is 1. The molecule has 0 saturated carbocycles. The topological polar surface area (TPSA) is 58.6 Å². The van der Waals surface area contributed by atoms with Gasteiger partial charge in [-0.2, -0.15) is 0 Å². The molecule has 102 valence electrons. The maximum absolute atomic E-state index is 11.3. The van der Waals surface area contributed by atoms with Gasteiger partial charge < -0.3 is 15.0 Å². The molecule has 1 N–H and O–H groups in total. The Hall–Kier alpha value is -2.30. The molecule has 19 heavy (non-hydrogen) atoms. The Labute approximate surface area is 112 Å². The van der Waals surface area contributed by atoms with Crippen LogP contribution in [0.4, 0.5) is 11.4 Å². The SMILES string of the molecule is CCOC(=O)/C=C(/C)Nc1ccccc1N(C)C=O. The Morgan fingerprint density at radius 1 is 1.42 bits per heavy atom. The summed E-state index contributed by atoms with van der Waals surface area (Å²) >= 11 is 0. The average Bonchev–Trinajstić information content (AvgIpc) is 2.38. The quantitative estimate of drug-likeness (QED) is 0.485. The molecule has 0 aliphatic carbocycles. The van der Waals surface area contributed by atoms with E-state index in [-0.39, 0.29) is 0 Å². The molecule has 0 spiro atoms. The number of hydrogen-bond donors (Lipinski definition) is 1. The van der Waals surface area contributed by atoms with E-state index in [2.05, 4.69) is 5.32 Å². The maximum atomic E-state index is 11.3. The lowest BCUT2D eigenvalue weighted by atomic mass is 10.2. The van der Waals surface area contributed by atoms with Crippen LogP contribution in [0, 0.1) is 0 Å². The molecule has 1 aromatic rings. The van der Waals surface area contributed by atoms with Gasteiger partial charge in [0.25, 0.3) is 0 Å². The fourth-order valence-corrected chi connectivity index (χ4v) is 1.55. The number of para-hydroxylation sites is 2. The minimum atomic E-state index is -0.395. The lowest BCUT2D eigenvalue weighted by molar-refractivity contribution is -0.137. The summed E-state index contributed by atoms with van der Waals surface area (Å²) in [6, 6.07) is 7.33. The van der Waals surface area contributed by atoms with Crippen molar-refractivity contribution in [3.63, 3.8) is 0 Å². The number of carbonyl (C=O) groups is 2. The van der Waals surface area contributed by atoms with Gasteiger partial charge in [-0.1, -0.05) is 12.1 Å². The molecule has 1 amide bonds. The number of anilines is 2. The van der Waals surface area contributed by atoms with Crippen LogP contribution >= 0.6 is 0 Å². The highest BCUT2D eigenvalue weighted by Gasteiger charge is 2.06. The third-order valence-corrected chi connectivity index (χ3v) is 2.39. The minimum absolute atomic E-state index is 0.340. The first kappa shape index (κ1) is 14.8. The number of benzene rings is 1. The highest BCUT2D eigenvalue weighted by Crippen LogP contribution is 2.24. The molecule has 0 unspecified atom stereocenters. The Balaban J connectivity index is 2.87. The van der Waals surface area contributed by atoms with Crippen molar-refractivity contribution >= 4 is 23.8 Å². The lowest BCUT2D eigenvalue weighted by Crippen LogP contribution is -2.15. The fourth-order valence-electron chi connectivity index (χ4n) is 1.55. The van der Waals surface area contributed by atoms with E-state index in [1.54, 1.807) is 20.9 Å². The number of amides is 1. The van der Waals surface area contributed by atoms with E-state index in [1.165, 1.54) is 11.0 Å². The molecule has 1 rings (SSSR count). The highest BCUT2D eigenvalue weighted by atomic mass is 16.5. The summed E-state index contributed by atoms with van der Waals surface area (Å²) < 4.78 is 4.83. The summed E-state index contributed by atoms with van der Waals surface area (Å²) in [6.45, 7) is 3.85. The molecule has 0 bridgehead atoms. The van der Waals surface area contributed by atoms with Crippen LogP contribution in [0.1, 0.15) is 13.8 Å². The minimum Gasteiger partial charge on any atom is -0.463 e. The third kappa shape index (κ3) is 4.46. The van der Waals surface area contributed by atoms with E-state index >= 15 is 0 Å². The lowest BCUT2D eigenvalue weighted by Gasteiger charge is -2.17. The summed E-state index contributed by atoms with van der Waals surface area (Å²) in [5.41, 5.74) is 2.12. The second kappa shape index (κ2) is 7.20. The van der Waals surface area contributed by atoms with E-state index < -0.39 is 5.97 Å². The average molecular weight is 262 g/mol. The fraction of sp³-hybridized carbons (Fsp3) is 0.286. The van der Waals surface area contributed by atoms with E-state index in [0.29, 0.717) is 12.3 Å². The zero-order valence-corrected chi connectivity index (χ0v) is 11.3. The zero-order valence-electron chi connectivity index (χ0n) is 11.3. The second-order valence-electron chi connectivity index (χ2n) is 3.94. The number of carbonyl (C=O) groups excluding carboxylic acids is 2. The monoisotopic (exact) mass is 262 g/mol. The van der Waals surface area contributed by atoms with Gasteiger partial charge in [0.15, 0.2) is 0 Å². The van der Waals surface area contributed by atoms with Crippen LogP contribution < -0.4 is 10.2 Å². The number of nitrogens with zero attached hydrogens (tertiary/aromatic N) is 1. The first-order valence-electron chi connectivity index (χ1n) is 5.97. The summed E-state index contributed by atoms with van der Waals surface area (Å²) in [5, 5.41) is 3.07. The van der Waals surface area contributed by atoms with E-state index in [1.807, 2.05) is 24.3 Å². The van der Waals surface area contributed by atoms with Crippen molar-refractivity contribution in [2.75, 3.05) is 23.9 Å². The van der Waals surface area contributed by atoms with Crippen LogP contribution in [-0.2, 0) is 14.3 Å².